The van der Waals surface area contributed by atoms with Gasteiger partial charge in [0.25, 0.3) is 5.91 Å². The molecule has 0 fully saturated rings. The minimum absolute atomic E-state index is 0.00673. The van der Waals surface area contributed by atoms with E-state index in [0.717, 1.165) is 4.88 Å². The number of hydrogen-bond donors (Lipinski definition) is 1. The maximum absolute atomic E-state index is 13.3. The second-order valence-corrected chi connectivity index (χ2v) is 5.87. The van der Waals surface area contributed by atoms with Crippen LogP contribution in [0.4, 0.5) is 10.1 Å². The van der Waals surface area contributed by atoms with Crippen LogP contribution < -0.4 is 5.73 Å². The zero-order valence-electron chi connectivity index (χ0n) is 11.5. The molecule has 0 bridgehead atoms. The van der Waals surface area contributed by atoms with Gasteiger partial charge in [0.1, 0.15) is 5.82 Å². The minimum atomic E-state index is -0.456. The van der Waals surface area contributed by atoms with Gasteiger partial charge in [-0.05, 0) is 43.5 Å². The Hall–Kier alpha value is -1.88. The van der Waals surface area contributed by atoms with Crippen molar-refractivity contribution < 1.29 is 9.18 Å². The first-order chi connectivity index (χ1) is 9.49. The van der Waals surface area contributed by atoms with Gasteiger partial charge < -0.3 is 10.6 Å². The van der Waals surface area contributed by atoms with Gasteiger partial charge in [-0.3, -0.25) is 4.79 Å². The van der Waals surface area contributed by atoms with Gasteiger partial charge >= 0.3 is 0 Å². The minimum Gasteiger partial charge on any atom is -0.398 e. The Morgan fingerprint density at radius 1 is 1.40 bits per heavy atom. The molecule has 106 valence electrons. The Morgan fingerprint density at radius 2 is 2.15 bits per heavy atom. The zero-order valence-corrected chi connectivity index (χ0v) is 12.3. The summed E-state index contributed by atoms with van der Waals surface area (Å²) in [4.78, 5) is 15.3. The fourth-order valence-corrected chi connectivity index (χ4v) is 2.63. The highest BCUT2D eigenvalue weighted by Gasteiger charge is 2.21. The summed E-state index contributed by atoms with van der Waals surface area (Å²) in [6, 6.07) is 7.80. The van der Waals surface area contributed by atoms with E-state index in [0.29, 0.717) is 12.2 Å². The molecule has 0 saturated heterocycles. The topological polar surface area (TPSA) is 46.3 Å². The third-order valence-electron chi connectivity index (χ3n) is 3.04. The van der Waals surface area contributed by atoms with Gasteiger partial charge in [-0.1, -0.05) is 6.07 Å². The van der Waals surface area contributed by atoms with Crippen LogP contribution in [0.3, 0.4) is 0 Å². The van der Waals surface area contributed by atoms with Crippen molar-refractivity contribution >= 4 is 22.9 Å². The fraction of sp³-hybridized carbons (Fsp3) is 0.267. The highest BCUT2D eigenvalue weighted by molar-refractivity contribution is 7.09. The average Bonchev–Trinajstić information content (AvgIpc) is 2.90. The Bertz CT molecular complexity index is 596. The Kier molecular flexibility index (Phi) is 4.39. The van der Waals surface area contributed by atoms with Crippen molar-refractivity contribution in [3.8, 4) is 0 Å². The van der Waals surface area contributed by atoms with Crippen molar-refractivity contribution in [1.82, 2.24) is 4.90 Å². The summed E-state index contributed by atoms with van der Waals surface area (Å²) in [6.07, 6.45) is 0. The van der Waals surface area contributed by atoms with Gasteiger partial charge in [-0.2, -0.15) is 0 Å². The Balaban J connectivity index is 2.29. The molecule has 1 aromatic heterocycles. The molecule has 0 atom stereocenters. The molecule has 0 aliphatic heterocycles. The summed E-state index contributed by atoms with van der Waals surface area (Å²) >= 11 is 1.59. The van der Waals surface area contributed by atoms with Crippen LogP contribution >= 0.6 is 11.3 Å². The molecule has 0 spiro atoms. The molecule has 0 saturated carbocycles. The largest absolute Gasteiger partial charge is 0.398 e. The lowest BCUT2D eigenvalue weighted by molar-refractivity contribution is 0.0693. The summed E-state index contributed by atoms with van der Waals surface area (Å²) in [5, 5.41) is 1.97. The lowest BCUT2D eigenvalue weighted by Crippen LogP contribution is -2.36. The lowest BCUT2D eigenvalue weighted by Gasteiger charge is -2.27. The highest BCUT2D eigenvalue weighted by atomic mass is 32.1. The number of halogens is 1. The molecule has 2 rings (SSSR count). The molecule has 3 nitrogen and oxygen atoms in total. The number of nitrogen functional groups attached to an aromatic ring is 1. The first-order valence-corrected chi connectivity index (χ1v) is 7.25. The molecule has 0 aliphatic rings. The lowest BCUT2D eigenvalue weighted by atomic mass is 10.1. The van der Waals surface area contributed by atoms with Crippen molar-refractivity contribution in [3.05, 3.63) is 52.0 Å². The normalized spacial score (nSPS) is 10.8. The predicted octanol–water partition coefficient (Wildman–Crippen LogP) is 3.52. The maximum Gasteiger partial charge on any atom is 0.256 e. The van der Waals surface area contributed by atoms with Gasteiger partial charge in [0, 0.05) is 16.6 Å². The van der Waals surface area contributed by atoms with Crippen LogP contribution in [0.5, 0.6) is 0 Å². The fourth-order valence-electron chi connectivity index (χ4n) is 1.93. The summed E-state index contributed by atoms with van der Waals surface area (Å²) < 4.78 is 13.3. The van der Waals surface area contributed by atoms with Crippen molar-refractivity contribution in [3.63, 3.8) is 0 Å². The second kappa shape index (κ2) is 6.05. The zero-order chi connectivity index (χ0) is 14.7. The quantitative estimate of drug-likeness (QED) is 0.876. The number of carbonyl (C=O) groups excluding carboxylic acids is 1. The number of nitrogens with zero attached hydrogens (tertiary/aromatic N) is 1. The van der Waals surface area contributed by atoms with Crippen LogP contribution in [0.2, 0.25) is 0 Å². The van der Waals surface area contributed by atoms with Crippen LogP contribution in [0, 0.1) is 5.82 Å². The second-order valence-electron chi connectivity index (χ2n) is 4.84. The first-order valence-electron chi connectivity index (χ1n) is 6.37. The summed E-state index contributed by atoms with van der Waals surface area (Å²) in [7, 11) is 0. The van der Waals surface area contributed by atoms with E-state index in [2.05, 4.69) is 0 Å². The number of nitrogens with two attached hydrogens (primary N) is 1. The van der Waals surface area contributed by atoms with E-state index in [-0.39, 0.29) is 17.5 Å². The van der Waals surface area contributed by atoms with E-state index in [4.69, 9.17) is 5.73 Å². The number of rotatable bonds is 4. The molecular weight excluding hydrogens is 275 g/mol. The molecule has 2 N–H and O–H groups in total. The molecule has 20 heavy (non-hydrogen) atoms. The smallest absolute Gasteiger partial charge is 0.256 e. The van der Waals surface area contributed by atoms with Gasteiger partial charge in [0.05, 0.1) is 12.1 Å². The van der Waals surface area contributed by atoms with Gasteiger partial charge in [0.2, 0.25) is 0 Å². The number of benzene rings is 1. The van der Waals surface area contributed by atoms with E-state index >= 15 is 0 Å². The van der Waals surface area contributed by atoms with Gasteiger partial charge in [0.15, 0.2) is 0 Å². The summed E-state index contributed by atoms with van der Waals surface area (Å²) in [5.41, 5.74) is 6.31. The number of thiophene rings is 1. The SMILES string of the molecule is CC(C)N(Cc1cccs1)C(=O)c1cc(F)ccc1N. The third-order valence-corrected chi connectivity index (χ3v) is 3.90. The molecule has 0 aliphatic carbocycles. The van der Waals surface area contributed by atoms with E-state index in [1.165, 1.54) is 18.2 Å². The molecule has 1 heterocycles. The van der Waals surface area contributed by atoms with Crippen molar-refractivity contribution in [2.45, 2.75) is 26.4 Å². The van der Waals surface area contributed by atoms with Crippen molar-refractivity contribution in [1.29, 1.82) is 0 Å². The molecule has 0 unspecified atom stereocenters. The third kappa shape index (κ3) is 3.17. The van der Waals surface area contributed by atoms with Crippen LogP contribution in [-0.4, -0.2) is 16.8 Å². The predicted molar refractivity (Wildman–Crippen MR) is 80.1 cm³/mol. The monoisotopic (exact) mass is 292 g/mol. The van der Waals surface area contributed by atoms with Crippen molar-refractivity contribution in [2.24, 2.45) is 0 Å². The number of amides is 1. The Morgan fingerprint density at radius 3 is 2.75 bits per heavy atom. The summed E-state index contributed by atoms with van der Waals surface area (Å²) in [6.45, 7) is 4.37. The molecular formula is C15H17FN2OS. The summed E-state index contributed by atoms with van der Waals surface area (Å²) in [5.74, 6) is -0.701. The van der Waals surface area contributed by atoms with Gasteiger partial charge in [-0.15, -0.1) is 11.3 Å². The van der Waals surface area contributed by atoms with Gasteiger partial charge in [-0.25, -0.2) is 4.39 Å². The first kappa shape index (κ1) is 14.5. The van der Waals surface area contributed by atoms with E-state index in [1.807, 2.05) is 31.4 Å². The number of anilines is 1. The van der Waals surface area contributed by atoms with Crippen LogP contribution in [0.1, 0.15) is 29.1 Å². The number of carbonyl (C=O) groups is 1. The van der Waals surface area contributed by atoms with E-state index in [1.54, 1.807) is 16.2 Å². The van der Waals surface area contributed by atoms with E-state index in [9.17, 15) is 9.18 Å². The average molecular weight is 292 g/mol. The van der Waals surface area contributed by atoms with Crippen LogP contribution in [-0.2, 0) is 6.54 Å². The van der Waals surface area contributed by atoms with Crippen LogP contribution in [0.15, 0.2) is 35.7 Å². The maximum atomic E-state index is 13.3. The molecule has 1 amide bonds. The molecule has 1 aromatic carbocycles. The molecule has 0 radical (unpaired) electrons. The Labute approximate surface area is 121 Å². The van der Waals surface area contributed by atoms with Crippen molar-refractivity contribution in [2.75, 3.05) is 5.73 Å². The highest BCUT2D eigenvalue weighted by Crippen LogP contribution is 2.20. The van der Waals surface area contributed by atoms with Crippen LogP contribution in [0.25, 0.3) is 0 Å². The number of hydrogen-bond acceptors (Lipinski definition) is 3. The molecule has 2 aromatic rings. The molecule has 5 heteroatoms. The standard InChI is InChI=1S/C15H17FN2OS/c1-10(2)18(9-12-4-3-7-20-12)15(19)13-8-11(16)5-6-14(13)17/h3-8,10H,9,17H2,1-2H3. The van der Waals surface area contributed by atoms with E-state index < -0.39 is 5.82 Å².